The highest BCUT2D eigenvalue weighted by Crippen LogP contribution is 2.42. The predicted octanol–water partition coefficient (Wildman–Crippen LogP) is 29.1. The molecule has 4 amide bonds. The number of carbonyl (C=O) groups excluding carboxylic acids is 4. The zero-order valence-electron chi connectivity index (χ0n) is 77.2. The van der Waals surface area contributed by atoms with Crippen LogP contribution in [0.25, 0.3) is 0 Å². The van der Waals surface area contributed by atoms with E-state index in [0.717, 1.165) is 115 Å². The zero-order valence-corrected chi connectivity index (χ0v) is 78.0. The maximum absolute atomic E-state index is 13.6. The highest BCUT2D eigenvalue weighted by atomic mass is 35.5. The molecule has 22 nitrogen and oxygen atoms in total. The number of anilines is 10. The normalized spacial score (nSPS) is 11.9. The second-order valence-corrected chi connectivity index (χ2v) is 32.9. The molecular weight excluding hydrogens is 1980 g/mol. The number of amides is 4. The van der Waals surface area contributed by atoms with Gasteiger partial charge in [0.05, 0.1) is 22.3 Å². The molecule has 2 fully saturated rings. The molecule has 2 saturated heterocycles. The van der Waals surface area contributed by atoms with Crippen LogP contribution in [0.15, 0.2) is 346 Å². The van der Waals surface area contributed by atoms with Crippen molar-refractivity contribution in [1.29, 1.82) is 0 Å². The summed E-state index contributed by atoms with van der Waals surface area (Å²) in [5, 5.41) is 85.1. The van der Waals surface area contributed by atoms with Gasteiger partial charge in [-0.3, -0.25) is 48.6 Å². The van der Waals surface area contributed by atoms with Crippen molar-refractivity contribution in [1.82, 2.24) is 9.80 Å². The number of phenols is 9. The fourth-order valence-corrected chi connectivity index (χ4v) is 15.5. The maximum Gasteiger partial charge on any atom is 0.417 e. The standard InChI is InChI=1S/2C27H26F4N2O3.C19H14FNO4.C19H14FNO3.C19H16FNO2.5CH4.ClH/c2*28-19-4-13-24(25(18-19)27(29,30)31)26(35)33(20-5-9-22(34)10-6-20)21-7-11-23(12-8-21)36-17-16-32-14-2-1-3-15-32;20-17-11-12(1-10-18(17)24)19(25)21(13-2-6-15(22)7-3-13)14-4-8-16(23)9-5-14;20-17-12-13(6-11-18(17)23)19(24)21(14-4-2-1-3-5-14)15-7-9-16(22)10-8-15;20-15-3-5-16(6-4-15)21(17-7-11-19(23)12-8-17)13-14-1-9-18(22)10-2-14;;;;;;/h2*4-13,18,34H,1-3,14-17H2;1-11,22-24H;1-12,22-23H;1-12,22-23H,13H2;5*1H4;1H. The van der Waals surface area contributed by atoms with Crippen LogP contribution >= 0.6 is 12.4 Å². The van der Waals surface area contributed by atoms with Gasteiger partial charge in [-0.2, -0.15) is 26.3 Å². The summed E-state index contributed by atoms with van der Waals surface area (Å²) in [6.45, 7) is 7.33. The molecule has 0 aliphatic carbocycles. The lowest BCUT2D eigenvalue weighted by molar-refractivity contribution is -0.138. The van der Waals surface area contributed by atoms with Crippen LogP contribution < -0.4 is 34.0 Å². The van der Waals surface area contributed by atoms with Crippen LogP contribution in [0.2, 0.25) is 0 Å². The summed E-state index contributed by atoms with van der Waals surface area (Å²) in [6.07, 6.45) is -2.64. The van der Waals surface area contributed by atoms with Gasteiger partial charge in [-0.15, -0.1) is 12.4 Å². The Morgan fingerprint density at radius 1 is 0.280 bits per heavy atom. The van der Waals surface area contributed by atoms with E-state index in [-0.39, 0.29) is 129 Å². The van der Waals surface area contributed by atoms with Crippen molar-refractivity contribution in [3.05, 3.63) is 414 Å². The van der Waals surface area contributed by atoms with Gasteiger partial charge in [0.1, 0.15) is 82.4 Å². The van der Waals surface area contributed by atoms with Crippen LogP contribution in [-0.4, -0.2) is 132 Å². The number of benzene rings is 15. The Hall–Kier alpha value is -16.8. The maximum atomic E-state index is 13.6. The first-order valence-corrected chi connectivity index (χ1v) is 45.2. The lowest BCUT2D eigenvalue weighted by atomic mass is 10.0. The molecule has 17 rings (SSSR count). The lowest BCUT2D eigenvalue weighted by Crippen LogP contribution is -2.33. The third kappa shape index (κ3) is 33.1. The third-order valence-electron chi connectivity index (χ3n) is 22.8. The van der Waals surface area contributed by atoms with E-state index in [4.69, 9.17) is 9.47 Å². The smallest absolute Gasteiger partial charge is 0.417 e. The first-order chi connectivity index (χ1) is 69.1. The number of rotatable bonds is 24. The molecule has 0 aromatic heterocycles. The molecule has 15 aromatic rings. The first-order valence-electron chi connectivity index (χ1n) is 45.2. The van der Waals surface area contributed by atoms with E-state index < -0.39 is 93.0 Å². The summed E-state index contributed by atoms with van der Waals surface area (Å²) >= 11 is 0. The second-order valence-electron chi connectivity index (χ2n) is 32.9. The van der Waals surface area contributed by atoms with Crippen molar-refractivity contribution in [2.24, 2.45) is 0 Å². The average molecular weight is 2090 g/mol. The molecule has 9 N–H and O–H groups in total. The van der Waals surface area contributed by atoms with E-state index >= 15 is 0 Å². The van der Waals surface area contributed by atoms with Gasteiger partial charge in [-0.25, -0.2) is 22.0 Å². The minimum Gasteiger partial charge on any atom is -0.508 e. The molecule has 0 radical (unpaired) electrons. The summed E-state index contributed by atoms with van der Waals surface area (Å²) in [6, 6.07) is 81.4. The Kier molecular flexibility index (Phi) is 45.0. The quantitative estimate of drug-likeness (QED) is 0.0254. The van der Waals surface area contributed by atoms with Crippen molar-refractivity contribution in [2.45, 2.75) is 94.6 Å². The zero-order chi connectivity index (χ0) is 103. The number of hydrogen-bond acceptors (Lipinski definition) is 18. The van der Waals surface area contributed by atoms with E-state index in [0.29, 0.717) is 66.1 Å². The molecular formula is C116H117ClF11N7O15. The Morgan fingerprint density at radius 2 is 0.533 bits per heavy atom. The highest BCUT2D eigenvalue weighted by molar-refractivity contribution is 6.14. The van der Waals surface area contributed by atoms with Gasteiger partial charge in [-0.05, 0) is 373 Å². The number of ether oxygens (including phenoxy) is 2. The number of hydrogen-bond donors (Lipinski definition) is 9. The summed E-state index contributed by atoms with van der Waals surface area (Å²) < 4.78 is 161. The molecule has 0 saturated carbocycles. The Balaban J connectivity index is 0.000000254. The molecule has 34 heteroatoms. The molecule has 2 aliphatic heterocycles. The summed E-state index contributed by atoms with van der Waals surface area (Å²) in [5.74, 6) is -6.72. The Morgan fingerprint density at radius 3 is 0.820 bits per heavy atom. The van der Waals surface area contributed by atoms with Crippen LogP contribution in [0.3, 0.4) is 0 Å². The molecule has 790 valence electrons. The van der Waals surface area contributed by atoms with Crippen molar-refractivity contribution in [3.8, 4) is 63.2 Å². The highest BCUT2D eigenvalue weighted by Gasteiger charge is 2.40. The van der Waals surface area contributed by atoms with E-state index in [9.17, 15) is 113 Å². The first kappa shape index (κ1) is 120. The van der Waals surface area contributed by atoms with Gasteiger partial charge >= 0.3 is 12.4 Å². The van der Waals surface area contributed by atoms with Crippen LogP contribution in [0.1, 0.15) is 134 Å². The number of halogens is 12. The van der Waals surface area contributed by atoms with Crippen molar-refractivity contribution >= 4 is 92.9 Å². The van der Waals surface area contributed by atoms with Crippen LogP contribution in [0.5, 0.6) is 63.2 Å². The van der Waals surface area contributed by atoms with Gasteiger partial charge in [0, 0.05) is 87.6 Å². The largest absolute Gasteiger partial charge is 0.508 e. The van der Waals surface area contributed by atoms with E-state index in [1.165, 1.54) is 182 Å². The number of phenolic OH excluding ortho intramolecular Hbond substituents is 9. The average Bonchev–Trinajstić information content (AvgIpc) is 0.774. The minimum atomic E-state index is -4.93. The number of alkyl halides is 6. The van der Waals surface area contributed by atoms with Gasteiger partial charge in [0.15, 0.2) is 23.1 Å². The fraction of sp³-hybridized carbons (Fsp3) is 0.190. The SMILES string of the molecule is C.C.C.C.C.Cl.O=C(c1ccc(F)cc1C(F)(F)F)N(c1ccc(O)cc1)c1ccc(OCCN2CCCCC2)cc1.O=C(c1ccc(F)cc1C(F)(F)F)N(c1ccc(O)cc1)c1ccc(OCCN2CCCCC2)cc1.O=C(c1ccc(O)c(F)c1)N(c1ccc(O)cc1)c1ccc(O)cc1.O=C(c1ccc(O)c(F)c1)N(c1ccccc1)c1ccc(O)cc1.Oc1ccc(CN(c2ccc(O)cc2)c2ccc(F)cc2)cc1. The van der Waals surface area contributed by atoms with E-state index in [1.807, 2.05) is 23.1 Å². The molecule has 2 aliphatic rings. The fourth-order valence-electron chi connectivity index (χ4n) is 15.5. The van der Waals surface area contributed by atoms with Crippen molar-refractivity contribution in [3.63, 3.8) is 0 Å². The second kappa shape index (κ2) is 56.2. The van der Waals surface area contributed by atoms with Crippen molar-refractivity contribution < 1.29 is 123 Å². The van der Waals surface area contributed by atoms with Crippen LogP contribution in [-0.2, 0) is 18.9 Å². The monoisotopic (exact) mass is 2090 g/mol. The number of piperidine rings is 2. The van der Waals surface area contributed by atoms with E-state index in [1.54, 1.807) is 133 Å². The lowest BCUT2D eigenvalue weighted by Gasteiger charge is -2.26. The molecule has 0 atom stereocenters. The number of carbonyl (C=O) groups is 4. The summed E-state index contributed by atoms with van der Waals surface area (Å²) in [5.41, 5.74) is 1.77. The van der Waals surface area contributed by atoms with E-state index in [2.05, 4.69) is 9.80 Å². The van der Waals surface area contributed by atoms with Gasteiger partial charge in [-0.1, -0.05) is 80.3 Å². The minimum absolute atomic E-state index is 0. The van der Waals surface area contributed by atoms with Crippen LogP contribution in [0.4, 0.5) is 105 Å². The summed E-state index contributed by atoms with van der Waals surface area (Å²) in [7, 11) is 0. The number of aromatic hydroxyl groups is 9. The van der Waals surface area contributed by atoms with Gasteiger partial charge < -0.3 is 60.3 Å². The molecule has 2 heterocycles. The number of para-hydroxylation sites is 1. The Bertz CT molecular complexity index is 6510. The molecule has 0 bridgehead atoms. The molecule has 15 aromatic carbocycles. The molecule has 0 unspecified atom stereocenters. The topological polar surface area (TPSA) is 291 Å². The van der Waals surface area contributed by atoms with Gasteiger partial charge in [0.25, 0.3) is 23.6 Å². The van der Waals surface area contributed by atoms with Crippen molar-refractivity contribution in [2.75, 3.05) is 77.0 Å². The predicted molar refractivity (Wildman–Crippen MR) is 566 cm³/mol. The van der Waals surface area contributed by atoms with Crippen LogP contribution in [0, 0.1) is 29.1 Å². The third-order valence-corrected chi connectivity index (χ3v) is 22.8. The Labute approximate surface area is 869 Å². The van der Waals surface area contributed by atoms with Gasteiger partial charge in [0.2, 0.25) is 0 Å². The number of likely N-dealkylation sites (tertiary alicyclic amines) is 2. The summed E-state index contributed by atoms with van der Waals surface area (Å²) in [4.78, 5) is 64.3. The molecule has 150 heavy (non-hydrogen) atoms. The molecule has 0 spiro atoms. The number of nitrogens with zero attached hydrogens (tertiary/aromatic N) is 7.